The van der Waals surface area contributed by atoms with Crippen molar-refractivity contribution < 1.29 is 0 Å². The molecule has 0 aliphatic heterocycles. The molecule has 0 aromatic rings. The Bertz CT molecular complexity index is 71.3. The van der Waals surface area contributed by atoms with Crippen molar-refractivity contribution in [3.8, 4) is 0 Å². The molecule has 0 aromatic carbocycles. The summed E-state index contributed by atoms with van der Waals surface area (Å²) in [5, 5.41) is 0. The highest BCUT2D eigenvalue weighted by Gasteiger charge is 1.99. The average Bonchev–Trinajstić information content (AvgIpc) is 2.01. The lowest BCUT2D eigenvalue weighted by Gasteiger charge is -2.08. The lowest BCUT2D eigenvalue weighted by Crippen LogP contribution is -1.95. The number of unbranched alkanes of at least 4 members (excludes halogenated alkanes) is 1. The van der Waals surface area contributed by atoms with E-state index in [4.69, 9.17) is 0 Å². The molecule has 1 heteroatoms. The smallest absolute Gasteiger partial charge is 0.00702 e. The molecule has 0 radical (unpaired) electrons. The fourth-order valence-electron chi connectivity index (χ4n) is 1.27. The van der Waals surface area contributed by atoms with Crippen molar-refractivity contribution in [2.45, 2.75) is 46.0 Å². The van der Waals surface area contributed by atoms with E-state index in [1.165, 1.54) is 37.9 Å². The maximum atomic E-state index is 2.38. The topological polar surface area (TPSA) is 0 Å². The van der Waals surface area contributed by atoms with Gasteiger partial charge in [-0.15, -0.1) is 0 Å². The molecule has 0 saturated carbocycles. The lowest BCUT2D eigenvalue weighted by molar-refractivity contribution is 0.468. The summed E-state index contributed by atoms with van der Waals surface area (Å²) in [6.45, 7) is 4.66. The summed E-state index contributed by atoms with van der Waals surface area (Å²) in [6, 6.07) is 0. The van der Waals surface area contributed by atoms with E-state index >= 15 is 0 Å². The van der Waals surface area contributed by atoms with Gasteiger partial charge in [-0.3, -0.25) is 0 Å². The van der Waals surface area contributed by atoms with E-state index in [1.54, 1.807) is 0 Å². The molecular weight excluding hydrogens is 152 g/mol. The Hall–Kier alpha value is 0.350. The van der Waals surface area contributed by atoms with Crippen LogP contribution < -0.4 is 0 Å². The Morgan fingerprint density at radius 3 is 2.36 bits per heavy atom. The standard InChI is InChI=1S/C10H22S/c1-4-5-7-10(2)8-6-9-11-3/h10H,4-9H2,1-3H3. The second-order valence-corrected chi connectivity index (χ2v) is 4.37. The third kappa shape index (κ3) is 8.25. The molecular formula is C10H22S. The van der Waals surface area contributed by atoms with Gasteiger partial charge in [-0.2, -0.15) is 11.8 Å². The molecule has 68 valence electrons. The van der Waals surface area contributed by atoms with Crippen LogP contribution >= 0.6 is 11.8 Å². The molecule has 0 spiro atoms. The largest absolute Gasteiger partial charge is 0.165 e. The summed E-state index contributed by atoms with van der Waals surface area (Å²) in [5.41, 5.74) is 0. The molecule has 0 N–H and O–H groups in total. The Kier molecular flexibility index (Phi) is 8.72. The molecule has 1 atom stereocenters. The summed E-state index contributed by atoms with van der Waals surface area (Å²) in [7, 11) is 0. The molecule has 0 rings (SSSR count). The van der Waals surface area contributed by atoms with Crippen LogP contribution in [0.5, 0.6) is 0 Å². The number of thioether (sulfide) groups is 1. The minimum Gasteiger partial charge on any atom is -0.165 e. The van der Waals surface area contributed by atoms with Crippen LogP contribution in [-0.2, 0) is 0 Å². The summed E-state index contributed by atoms with van der Waals surface area (Å²) in [5.74, 6) is 2.30. The number of rotatable bonds is 7. The van der Waals surface area contributed by atoms with Gasteiger partial charge in [0.25, 0.3) is 0 Å². The van der Waals surface area contributed by atoms with Gasteiger partial charge in [0.1, 0.15) is 0 Å². The van der Waals surface area contributed by atoms with E-state index in [2.05, 4.69) is 20.1 Å². The van der Waals surface area contributed by atoms with Crippen molar-refractivity contribution in [2.75, 3.05) is 12.0 Å². The monoisotopic (exact) mass is 174 g/mol. The highest BCUT2D eigenvalue weighted by atomic mass is 32.2. The number of hydrogen-bond donors (Lipinski definition) is 0. The predicted molar refractivity (Wildman–Crippen MR) is 56.3 cm³/mol. The molecule has 0 heterocycles. The van der Waals surface area contributed by atoms with Gasteiger partial charge < -0.3 is 0 Å². The summed E-state index contributed by atoms with van der Waals surface area (Å²) in [6.07, 6.45) is 9.24. The second kappa shape index (κ2) is 8.45. The Morgan fingerprint density at radius 2 is 1.82 bits per heavy atom. The fraction of sp³-hybridized carbons (Fsp3) is 1.00. The molecule has 1 unspecified atom stereocenters. The first-order valence-corrected chi connectivity index (χ1v) is 6.19. The Labute approximate surface area is 76.1 Å². The van der Waals surface area contributed by atoms with Crippen LogP contribution in [-0.4, -0.2) is 12.0 Å². The molecule has 0 aliphatic rings. The number of hydrogen-bond acceptors (Lipinski definition) is 1. The van der Waals surface area contributed by atoms with Crippen LogP contribution in [0.25, 0.3) is 0 Å². The SMILES string of the molecule is CCCCC(C)CCCSC. The second-order valence-electron chi connectivity index (χ2n) is 3.38. The zero-order valence-electron chi connectivity index (χ0n) is 8.23. The van der Waals surface area contributed by atoms with Gasteiger partial charge >= 0.3 is 0 Å². The highest BCUT2D eigenvalue weighted by molar-refractivity contribution is 7.98. The van der Waals surface area contributed by atoms with Crippen molar-refractivity contribution in [2.24, 2.45) is 5.92 Å². The molecule has 0 fully saturated rings. The zero-order chi connectivity index (χ0) is 8.53. The first-order valence-electron chi connectivity index (χ1n) is 4.80. The minimum absolute atomic E-state index is 0.960. The van der Waals surface area contributed by atoms with Gasteiger partial charge in [0.15, 0.2) is 0 Å². The van der Waals surface area contributed by atoms with Gasteiger partial charge in [0.2, 0.25) is 0 Å². The van der Waals surface area contributed by atoms with Crippen LogP contribution in [0.3, 0.4) is 0 Å². The van der Waals surface area contributed by atoms with Crippen molar-refractivity contribution >= 4 is 11.8 Å². The molecule has 0 bridgehead atoms. The molecule has 0 aliphatic carbocycles. The van der Waals surface area contributed by atoms with Crippen LogP contribution in [0.15, 0.2) is 0 Å². The fourth-order valence-corrected chi connectivity index (χ4v) is 1.73. The summed E-state index contributed by atoms with van der Waals surface area (Å²) < 4.78 is 0. The first-order chi connectivity index (χ1) is 5.31. The highest BCUT2D eigenvalue weighted by Crippen LogP contribution is 2.14. The molecule has 0 nitrogen and oxygen atoms in total. The van der Waals surface area contributed by atoms with E-state index in [9.17, 15) is 0 Å². The Morgan fingerprint density at radius 1 is 1.18 bits per heavy atom. The van der Waals surface area contributed by atoms with Gasteiger partial charge in [-0.25, -0.2) is 0 Å². The van der Waals surface area contributed by atoms with E-state index < -0.39 is 0 Å². The van der Waals surface area contributed by atoms with Gasteiger partial charge in [-0.05, 0) is 30.8 Å². The van der Waals surface area contributed by atoms with E-state index in [0.717, 1.165) is 5.92 Å². The molecule has 11 heavy (non-hydrogen) atoms. The zero-order valence-corrected chi connectivity index (χ0v) is 9.04. The van der Waals surface area contributed by atoms with Gasteiger partial charge in [0.05, 0.1) is 0 Å². The summed E-state index contributed by atoms with van der Waals surface area (Å²) in [4.78, 5) is 0. The summed E-state index contributed by atoms with van der Waals surface area (Å²) >= 11 is 1.97. The maximum Gasteiger partial charge on any atom is -0.00702 e. The van der Waals surface area contributed by atoms with Crippen LogP contribution in [0.2, 0.25) is 0 Å². The Balaban J connectivity index is 3.02. The van der Waals surface area contributed by atoms with E-state index in [-0.39, 0.29) is 0 Å². The van der Waals surface area contributed by atoms with E-state index in [0.29, 0.717) is 0 Å². The van der Waals surface area contributed by atoms with Crippen molar-refractivity contribution in [3.05, 3.63) is 0 Å². The van der Waals surface area contributed by atoms with Crippen LogP contribution in [0.1, 0.15) is 46.0 Å². The van der Waals surface area contributed by atoms with E-state index in [1.807, 2.05) is 11.8 Å². The average molecular weight is 174 g/mol. The van der Waals surface area contributed by atoms with Crippen LogP contribution in [0, 0.1) is 5.92 Å². The van der Waals surface area contributed by atoms with Crippen LogP contribution in [0.4, 0.5) is 0 Å². The lowest BCUT2D eigenvalue weighted by atomic mass is 10.00. The maximum absolute atomic E-state index is 2.38. The first kappa shape index (κ1) is 11.4. The quantitative estimate of drug-likeness (QED) is 0.527. The van der Waals surface area contributed by atoms with Gasteiger partial charge in [-0.1, -0.05) is 33.1 Å². The molecule has 0 aromatic heterocycles. The molecule has 0 amide bonds. The third-order valence-electron chi connectivity index (χ3n) is 2.10. The minimum atomic E-state index is 0.960. The molecule has 0 saturated heterocycles. The van der Waals surface area contributed by atoms with Crippen molar-refractivity contribution in [1.82, 2.24) is 0 Å². The third-order valence-corrected chi connectivity index (χ3v) is 2.79. The van der Waals surface area contributed by atoms with Crippen molar-refractivity contribution in [3.63, 3.8) is 0 Å². The normalized spacial score (nSPS) is 13.4. The van der Waals surface area contributed by atoms with Gasteiger partial charge in [0, 0.05) is 0 Å². The predicted octanol–water partition coefficient (Wildman–Crippen LogP) is 3.96. The van der Waals surface area contributed by atoms with Crippen molar-refractivity contribution in [1.29, 1.82) is 0 Å².